The van der Waals surface area contributed by atoms with E-state index in [0.717, 1.165) is 18.5 Å². The van der Waals surface area contributed by atoms with E-state index in [1.54, 1.807) is 12.1 Å². The molecule has 1 atom stereocenters. The topological polar surface area (TPSA) is 52.5 Å². The molecule has 0 amide bonds. The Balaban J connectivity index is 2.41. The lowest BCUT2D eigenvalue weighted by atomic mass is 9.88. The normalized spacial score (nSPS) is 14.7. The lowest BCUT2D eigenvalue weighted by molar-refractivity contribution is 0.135. The van der Waals surface area contributed by atoms with Crippen LogP contribution in [0.3, 0.4) is 0 Å². The van der Waals surface area contributed by atoms with Crippen LogP contribution in [-0.4, -0.2) is 23.4 Å². The van der Waals surface area contributed by atoms with Gasteiger partial charge >= 0.3 is 0 Å². The van der Waals surface area contributed by atoms with E-state index >= 15 is 0 Å². The molecule has 0 aliphatic heterocycles. The van der Waals surface area contributed by atoms with E-state index in [-0.39, 0.29) is 12.0 Å². The number of aromatic hydroxyl groups is 1. The van der Waals surface area contributed by atoms with Gasteiger partial charge in [-0.25, -0.2) is 0 Å². The van der Waals surface area contributed by atoms with E-state index in [9.17, 15) is 10.2 Å². The molecule has 0 radical (unpaired) electrons. The maximum Gasteiger partial charge on any atom is 0.115 e. The van der Waals surface area contributed by atoms with Gasteiger partial charge in [-0.05, 0) is 24.1 Å². The summed E-state index contributed by atoms with van der Waals surface area (Å²) in [6.07, 6.45) is 0.941. The number of nitrogens with one attached hydrogen (secondary N) is 1. The molecule has 3 nitrogen and oxygen atoms in total. The van der Waals surface area contributed by atoms with Crippen LogP contribution in [0.15, 0.2) is 24.3 Å². The zero-order chi connectivity index (χ0) is 12.0. The number of hydrogen-bond donors (Lipinski definition) is 3. The van der Waals surface area contributed by atoms with Crippen molar-refractivity contribution in [2.75, 3.05) is 13.2 Å². The van der Waals surface area contributed by atoms with Crippen LogP contribution in [0.2, 0.25) is 0 Å². The van der Waals surface area contributed by atoms with Crippen molar-refractivity contribution in [3.05, 3.63) is 29.8 Å². The Morgan fingerprint density at radius 3 is 2.69 bits per heavy atom. The maximum atomic E-state index is 9.30. The van der Waals surface area contributed by atoms with Gasteiger partial charge in [-0.1, -0.05) is 26.0 Å². The van der Waals surface area contributed by atoms with Gasteiger partial charge in [0.1, 0.15) is 5.75 Å². The second-order valence-electron chi connectivity index (χ2n) is 4.60. The van der Waals surface area contributed by atoms with Crippen molar-refractivity contribution >= 4 is 0 Å². The minimum Gasteiger partial charge on any atom is -0.508 e. The molecule has 0 spiro atoms. The van der Waals surface area contributed by atoms with Crippen LogP contribution in [0.25, 0.3) is 0 Å². The summed E-state index contributed by atoms with van der Waals surface area (Å²) in [6, 6.07) is 7.20. The fourth-order valence-corrected chi connectivity index (χ4v) is 1.47. The van der Waals surface area contributed by atoms with Crippen LogP contribution in [0, 0.1) is 5.41 Å². The molecule has 1 aromatic rings. The Kier molecular flexibility index (Phi) is 4.77. The van der Waals surface area contributed by atoms with E-state index in [2.05, 4.69) is 19.2 Å². The molecule has 0 heterocycles. The van der Waals surface area contributed by atoms with Crippen molar-refractivity contribution in [3.63, 3.8) is 0 Å². The Hall–Kier alpha value is -1.06. The molecule has 0 aromatic heterocycles. The molecule has 1 aromatic carbocycles. The molecule has 0 aliphatic carbocycles. The molecular weight excluding hydrogens is 202 g/mol. The minimum absolute atomic E-state index is 0.0587. The highest BCUT2D eigenvalue weighted by molar-refractivity contribution is 5.26. The Bertz CT molecular complexity index is 321. The number of aliphatic hydroxyl groups is 1. The maximum absolute atomic E-state index is 9.30. The van der Waals surface area contributed by atoms with Gasteiger partial charge in [-0.15, -0.1) is 0 Å². The minimum atomic E-state index is -0.0587. The molecule has 90 valence electrons. The van der Waals surface area contributed by atoms with Gasteiger partial charge in [0.05, 0.1) is 0 Å². The third kappa shape index (κ3) is 3.83. The van der Waals surface area contributed by atoms with Crippen molar-refractivity contribution in [1.82, 2.24) is 5.32 Å². The first-order chi connectivity index (χ1) is 7.59. The predicted octanol–water partition coefficient (Wildman–Crippen LogP) is 1.89. The van der Waals surface area contributed by atoms with Crippen LogP contribution in [0.5, 0.6) is 5.75 Å². The molecule has 0 saturated carbocycles. The first kappa shape index (κ1) is 13.0. The summed E-state index contributed by atoms with van der Waals surface area (Å²) in [5.41, 5.74) is 0.994. The molecule has 0 aliphatic rings. The SMILES string of the molecule is CCC(C)(CO)CNCc1cccc(O)c1. The molecule has 0 saturated heterocycles. The quantitative estimate of drug-likeness (QED) is 0.690. The Morgan fingerprint density at radius 1 is 1.38 bits per heavy atom. The molecule has 3 N–H and O–H groups in total. The molecule has 1 rings (SSSR count). The monoisotopic (exact) mass is 223 g/mol. The zero-order valence-corrected chi connectivity index (χ0v) is 10.0. The number of phenols is 1. The van der Waals surface area contributed by atoms with Crippen LogP contribution in [0.1, 0.15) is 25.8 Å². The number of benzene rings is 1. The summed E-state index contributed by atoms with van der Waals surface area (Å²) in [7, 11) is 0. The van der Waals surface area contributed by atoms with Gasteiger partial charge in [-0.3, -0.25) is 0 Å². The average molecular weight is 223 g/mol. The second-order valence-corrected chi connectivity index (χ2v) is 4.60. The molecular formula is C13H21NO2. The van der Waals surface area contributed by atoms with Crippen LogP contribution >= 0.6 is 0 Å². The Labute approximate surface area is 97.1 Å². The fraction of sp³-hybridized carbons (Fsp3) is 0.538. The summed E-state index contributed by atoms with van der Waals surface area (Å²) in [6.45, 7) is 5.81. The summed E-state index contributed by atoms with van der Waals surface area (Å²) < 4.78 is 0. The highest BCUT2D eigenvalue weighted by atomic mass is 16.3. The van der Waals surface area contributed by atoms with Crippen molar-refractivity contribution < 1.29 is 10.2 Å². The van der Waals surface area contributed by atoms with Crippen molar-refractivity contribution in [2.45, 2.75) is 26.8 Å². The van der Waals surface area contributed by atoms with E-state index in [1.165, 1.54) is 0 Å². The first-order valence-electron chi connectivity index (χ1n) is 5.69. The third-order valence-electron chi connectivity index (χ3n) is 3.03. The van der Waals surface area contributed by atoms with E-state index in [1.807, 2.05) is 12.1 Å². The molecule has 0 fully saturated rings. The number of phenolic OH excluding ortho intramolecular Hbond substituents is 1. The molecule has 16 heavy (non-hydrogen) atoms. The van der Waals surface area contributed by atoms with Gasteiger partial charge in [0.15, 0.2) is 0 Å². The van der Waals surface area contributed by atoms with Gasteiger partial charge in [0, 0.05) is 25.1 Å². The van der Waals surface area contributed by atoms with Gasteiger partial charge < -0.3 is 15.5 Å². The standard InChI is InChI=1S/C13H21NO2/c1-3-13(2,10-15)9-14-8-11-5-4-6-12(16)7-11/h4-7,14-16H,3,8-10H2,1-2H3. The molecule has 3 heteroatoms. The molecule has 0 bridgehead atoms. The second kappa shape index (κ2) is 5.87. The number of hydrogen-bond acceptors (Lipinski definition) is 3. The fourth-order valence-electron chi connectivity index (χ4n) is 1.47. The van der Waals surface area contributed by atoms with Crippen molar-refractivity contribution in [2.24, 2.45) is 5.41 Å². The predicted molar refractivity (Wildman–Crippen MR) is 65.3 cm³/mol. The largest absolute Gasteiger partial charge is 0.508 e. The van der Waals surface area contributed by atoms with Crippen LogP contribution in [-0.2, 0) is 6.54 Å². The average Bonchev–Trinajstić information content (AvgIpc) is 2.29. The summed E-state index contributed by atoms with van der Waals surface area (Å²) >= 11 is 0. The van der Waals surface area contributed by atoms with Gasteiger partial charge in [0.2, 0.25) is 0 Å². The smallest absolute Gasteiger partial charge is 0.115 e. The zero-order valence-electron chi connectivity index (χ0n) is 10.0. The van der Waals surface area contributed by atoms with Gasteiger partial charge in [-0.2, -0.15) is 0 Å². The molecule has 1 unspecified atom stereocenters. The third-order valence-corrected chi connectivity index (χ3v) is 3.03. The van der Waals surface area contributed by atoms with E-state index in [0.29, 0.717) is 12.3 Å². The van der Waals surface area contributed by atoms with E-state index in [4.69, 9.17) is 0 Å². The highest BCUT2D eigenvalue weighted by Crippen LogP contribution is 2.18. The summed E-state index contributed by atoms with van der Waals surface area (Å²) in [5, 5.41) is 21.8. The van der Waals surface area contributed by atoms with Crippen molar-refractivity contribution in [1.29, 1.82) is 0 Å². The summed E-state index contributed by atoms with van der Waals surface area (Å²) in [4.78, 5) is 0. The number of rotatable bonds is 6. The highest BCUT2D eigenvalue weighted by Gasteiger charge is 2.19. The van der Waals surface area contributed by atoms with Crippen LogP contribution < -0.4 is 5.32 Å². The van der Waals surface area contributed by atoms with E-state index < -0.39 is 0 Å². The first-order valence-corrected chi connectivity index (χ1v) is 5.69. The summed E-state index contributed by atoms with van der Waals surface area (Å²) in [5.74, 6) is 0.291. The van der Waals surface area contributed by atoms with Crippen LogP contribution in [0.4, 0.5) is 0 Å². The lowest BCUT2D eigenvalue weighted by Crippen LogP contribution is -2.34. The number of aliphatic hydroxyl groups excluding tert-OH is 1. The lowest BCUT2D eigenvalue weighted by Gasteiger charge is -2.25. The van der Waals surface area contributed by atoms with Crippen molar-refractivity contribution in [3.8, 4) is 5.75 Å². The van der Waals surface area contributed by atoms with Gasteiger partial charge in [0.25, 0.3) is 0 Å². The Morgan fingerprint density at radius 2 is 2.12 bits per heavy atom.